The highest BCUT2D eigenvalue weighted by Gasteiger charge is 2.40. The molecule has 5 heteroatoms. The molecule has 2 amide bonds. The maximum atomic E-state index is 12.4. The maximum Gasteiger partial charge on any atom is 0.240 e. The molecule has 0 unspecified atom stereocenters. The zero-order valence-corrected chi connectivity index (χ0v) is 16.2. The average Bonchev–Trinajstić information content (AvgIpc) is 2.57. The van der Waals surface area contributed by atoms with Crippen LogP contribution in [0.25, 0.3) is 0 Å². The molecule has 2 N–H and O–H groups in total. The van der Waals surface area contributed by atoms with E-state index >= 15 is 0 Å². The summed E-state index contributed by atoms with van der Waals surface area (Å²) in [6.07, 6.45) is 9.61. The second kappa shape index (κ2) is 8.35. The van der Waals surface area contributed by atoms with E-state index in [1.54, 1.807) is 0 Å². The van der Waals surface area contributed by atoms with Gasteiger partial charge >= 0.3 is 0 Å². The van der Waals surface area contributed by atoms with Gasteiger partial charge in [0.15, 0.2) is 0 Å². The molecule has 2 aliphatic carbocycles. The molecule has 25 heavy (non-hydrogen) atoms. The molecule has 0 aliphatic heterocycles. The Kier molecular flexibility index (Phi) is 6.15. The first-order chi connectivity index (χ1) is 12.1. The topological polar surface area (TPSA) is 58.2 Å². The van der Waals surface area contributed by atoms with Gasteiger partial charge in [0.25, 0.3) is 0 Å². The van der Waals surface area contributed by atoms with E-state index in [0.717, 1.165) is 42.1 Å². The van der Waals surface area contributed by atoms with Crippen LogP contribution < -0.4 is 10.6 Å². The number of amides is 2. The molecule has 2 fully saturated rings. The van der Waals surface area contributed by atoms with Crippen molar-refractivity contribution in [1.29, 1.82) is 0 Å². The van der Waals surface area contributed by atoms with Crippen LogP contribution in [0.2, 0.25) is 0 Å². The molecule has 2 aliphatic rings. The number of carbonyl (C=O) groups is 2. The Hall–Kier alpha value is -1.36. The fourth-order valence-corrected chi connectivity index (χ4v) is 4.42. The lowest BCUT2D eigenvalue weighted by molar-refractivity contribution is -0.128. The highest BCUT2D eigenvalue weighted by Crippen LogP contribution is 2.41. The lowest BCUT2D eigenvalue weighted by Crippen LogP contribution is -2.53. The number of halogens is 1. The SMILES string of the molecule is O=C(CC1CCCCC1)NCC(=O)NC1(c2cccc(Br)c2)CCC1. The average molecular weight is 407 g/mol. The summed E-state index contributed by atoms with van der Waals surface area (Å²) in [6, 6.07) is 8.12. The second-order valence-electron chi connectivity index (χ2n) is 7.48. The number of hydrogen-bond acceptors (Lipinski definition) is 2. The smallest absolute Gasteiger partial charge is 0.240 e. The number of carbonyl (C=O) groups excluding carboxylic acids is 2. The Balaban J connectivity index is 1.48. The monoisotopic (exact) mass is 406 g/mol. The normalized spacial score (nSPS) is 19.7. The second-order valence-corrected chi connectivity index (χ2v) is 8.39. The highest BCUT2D eigenvalue weighted by atomic mass is 79.9. The van der Waals surface area contributed by atoms with Crippen molar-refractivity contribution in [3.05, 3.63) is 34.3 Å². The Bertz CT molecular complexity index is 622. The van der Waals surface area contributed by atoms with Crippen molar-refractivity contribution in [3.63, 3.8) is 0 Å². The van der Waals surface area contributed by atoms with Crippen LogP contribution >= 0.6 is 15.9 Å². The fraction of sp³-hybridized carbons (Fsp3) is 0.600. The molecule has 0 bridgehead atoms. The van der Waals surface area contributed by atoms with Crippen LogP contribution in [0.1, 0.15) is 63.4 Å². The van der Waals surface area contributed by atoms with E-state index in [-0.39, 0.29) is 23.9 Å². The zero-order valence-electron chi connectivity index (χ0n) is 14.7. The number of rotatable bonds is 6. The summed E-state index contributed by atoms with van der Waals surface area (Å²) in [5.74, 6) is 0.403. The largest absolute Gasteiger partial charge is 0.347 e. The van der Waals surface area contributed by atoms with Gasteiger partial charge in [-0.05, 0) is 55.7 Å². The summed E-state index contributed by atoms with van der Waals surface area (Å²) in [6.45, 7) is 0.0707. The highest BCUT2D eigenvalue weighted by molar-refractivity contribution is 9.10. The molecule has 0 heterocycles. The molecule has 0 aromatic heterocycles. The van der Waals surface area contributed by atoms with Crippen molar-refractivity contribution >= 4 is 27.7 Å². The summed E-state index contributed by atoms with van der Waals surface area (Å²) in [5, 5.41) is 5.96. The molecular formula is C20H27BrN2O2. The summed E-state index contributed by atoms with van der Waals surface area (Å²) < 4.78 is 1.02. The van der Waals surface area contributed by atoms with E-state index in [0.29, 0.717) is 12.3 Å². The Morgan fingerprint density at radius 2 is 1.84 bits per heavy atom. The van der Waals surface area contributed by atoms with Crippen LogP contribution in [0.15, 0.2) is 28.7 Å². The first-order valence-electron chi connectivity index (χ1n) is 9.41. The van der Waals surface area contributed by atoms with Crippen LogP contribution in [-0.2, 0) is 15.1 Å². The van der Waals surface area contributed by atoms with Crippen molar-refractivity contribution in [2.75, 3.05) is 6.54 Å². The molecule has 4 nitrogen and oxygen atoms in total. The van der Waals surface area contributed by atoms with Gasteiger partial charge in [-0.1, -0.05) is 47.3 Å². The van der Waals surface area contributed by atoms with Crippen molar-refractivity contribution in [1.82, 2.24) is 10.6 Å². The van der Waals surface area contributed by atoms with Crippen LogP contribution in [0.5, 0.6) is 0 Å². The minimum absolute atomic E-state index is 0.00663. The van der Waals surface area contributed by atoms with E-state index in [1.807, 2.05) is 12.1 Å². The summed E-state index contributed by atoms with van der Waals surface area (Å²) in [7, 11) is 0. The Morgan fingerprint density at radius 3 is 2.48 bits per heavy atom. The van der Waals surface area contributed by atoms with E-state index < -0.39 is 0 Å². The van der Waals surface area contributed by atoms with Crippen molar-refractivity contribution in [2.45, 2.75) is 63.3 Å². The third-order valence-electron chi connectivity index (χ3n) is 5.61. The zero-order chi connectivity index (χ0) is 17.7. The van der Waals surface area contributed by atoms with E-state index in [4.69, 9.17) is 0 Å². The lowest BCUT2D eigenvalue weighted by atomic mass is 9.72. The summed E-state index contributed by atoms with van der Waals surface area (Å²) in [5.41, 5.74) is 0.865. The van der Waals surface area contributed by atoms with Gasteiger partial charge in [-0.2, -0.15) is 0 Å². The molecule has 3 rings (SSSR count). The van der Waals surface area contributed by atoms with Gasteiger partial charge < -0.3 is 10.6 Å². The lowest BCUT2D eigenvalue weighted by Gasteiger charge is -2.43. The fourth-order valence-electron chi connectivity index (χ4n) is 4.02. The van der Waals surface area contributed by atoms with Gasteiger partial charge in [0.2, 0.25) is 11.8 Å². The molecule has 0 atom stereocenters. The third-order valence-corrected chi connectivity index (χ3v) is 6.10. The molecule has 136 valence electrons. The predicted octanol–water partition coefficient (Wildman–Crippen LogP) is 4.03. The molecule has 0 spiro atoms. The molecule has 1 aromatic rings. The quantitative estimate of drug-likeness (QED) is 0.748. The van der Waals surface area contributed by atoms with Crippen LogP contribution in [0.4, 0.5) is 0 Å². The van der Waals surface area contributed by atoms with Gasteiger partial charge in [-0.15, -0.1) is 0 Å². The number of hydrogen-bond donors (Lipinski definition) is 2. The van der Waals surface area contributed by atoms with Gasteiger partial charge in [0.1, 0.15) is 0 Å². The number of benzene rings is 1. The van der Waals surface area contributed by atoms with Gasteiger partial charge in [0.05, 0.1) is 12.1 Å². The molecular weight excluding hydrogens is 380 g/mol. The van der Waals surface area contributed by atoms with Gasteiger partial charge in [-0.3, -0.25) is 9.59 Å². The maximum absolute atomic E-state index is 12.4. The standard InChI is InChI=1S/C20H27BrN2O2/c21-17-9-4-8-16(13-17)20(10-5-11-20)23-19(25)14-22-18(24)12-15-6-2-1-3-7-15/h4,8-9,13,15H,1-3,5-7,10-12,14H2,(H,22,24)(H,23,25). The van der Waals surface area contributed by atoms with Crippen molar-refractivity contribution < 1.29 is 9.59 Å². The van der Waals surface area contributed by atoms with E-state index in [2.05, 4.69) is 38.7 Å². The first kappa shape index (κ1) is 18.4. The van der Waals surface area contributed by atoms with Crippen LogP contribution in [-0.4, -0.2) is 18.4 Å². The van der Waals surface area contributed by atoms with Crippen LogP contribution in [0.3, 0.4) is 0 Å². The molecule has 1 aromatic carbocycles. The van der Waals surface area contributed by atoms with E-state index in [1.165, 1.54) is 19.3 Å². The summed E-state index contributed by atoms with van der Waals surface area (Å²) >= 11 is 3.50. The molecule has 0 saturated heterocycles. The van der Waals surface area contributed by atoms with Gasteiger partial charge in [0, 0.05) is 10.9 Å². The van der Waals surface area contributed by atoms with Crippen molar-refractivity contribution in [2.24, 2.45) is 5.92 Å². The van der Waals surface area contributed by atoms with Gasteiger partial charge in [-0.25, -0.2) is 0 Å². The first-order valence-corrected chi connectivity index (χ1v) is 10.2. The van der Waals surface area contributed by atoms with Crippen LogP contribution in [0, 0.1) is 5.92 Å². The number of nitrogens with one attached hydrogen (secondary N) is 2. The van der Waals surface area contributed by atoms with Crippen molar-refractivity contribution in [3.8, 4) is 0 Å². The minimum atomic E-state index is -0.269. The third kappa shape index (κ3) is 4.84. The molecule has 2 saturated carbocycles. The molecule has 0 radical (unpaired) electrons. The van der Waals surface area contributed by atoms with E-state index in [9.17, 15) is 9.59 Å². The Morgan fingerprint density at radius 1 is 1.08 bits per heavy atom. The minimum Gasteiger partial charge on any atom is -0.347 e. The summed E-state index contributed by atoms with van der Waals surface area (Å²) in [4.78, 5) is 24.5. The Labute approximate surface area is 158 Å². The predicted molar refractivity (Wildman–Crippen MR) is 102 cm³/mol.